The van der Waals surface area contributed by atoms with E-state index in [4.69, 9.17) is 5.73 Å². The van der Waals surface area contributed by atoms with Crippen molar-refractivity contribution in [3.05, 3.63) is 58.1 Å². The molecule has 0 aliphatic heterocycles. The van der Waals surface area contributed by atoms with Crippen LogP contribution in [0.15, 0.2) is 41.1 Å². The molecule has 0 aliphatic carbocycles. The van der Waals surface area contributed by atoms with Crippen LogP contribution in [0, 0.1) is 5.82 Å². The second kappa shape index (κ2) is 6.00. The first-order chi connectivity index (χ1) is 9.49. The minimum Gasteiger partial charge on any atom is -0.396 e. The van der Waals surface area contributed by atoms with Gasteiger partial charge in [-0.15, -0.1) is 0 Å². The summed E-state index contributed by atoms with van der Waals surface area (Å²) in [5.41, 5.74) is 6.69. The number of amides is 1. The predicted octanol–water partition coefficient (Wildman–Crippen LogP) is 2.84. The molecular weight excluding hydrogens is 325 g/mol. The Kier molecular flexibility index (Phi) is 4.34. The van der Waals surface area contributed by atoms with Crippen LogP contribution in [0.25, 0.3) is 0 Å². The molecular formula is C14H13BrFN3O. The molecule has 20 heavy (non-hydrogen) atoms. The van der Waals surface area contributed by atoms with E-state index in [2.05, 4.69) is 20.9 Å². The molecule has 0 unspecified atom stereocenters. The standard InChI is InChI=1S/C14H13BrFN3O/c1-19(8-9-3-2-4-18-7-9)14(20)10-5-13(17)12(16)6-11(10)15/h2-7H,8,17H2,1H3. The van der Waals surface area contributed by atoms with Crippen LogP contribution in [0.1, 0.15) is 15.9 Å². The predicted molar refractivity (Wildman–Crippen MR) is 78.5 cm³/mol. The highest BCUT2D eigenvalue weighted by Crippen LogP contribution is 2.24. The normalized spacial score (nSPS) is 10.3. The Morgan fingerprint density at radius 2 is 2.25 bits per heavy atom. The number of carbonyl (C=O) groups is 1. The molecule has 0 spiro atoms. The molecule has 2 aromatic rings. The third-order valence-electron chi connectivity index (χ3n) is 2.81. The van der Waals surface area contributed by atoms with Crippen molar-refractivity contribution in [1.29, 1.82) is 0 Å². The van der Waals surface area contributed by atoms with Crippen molar-refractivity contribution in [2.45, 2.75) is 6.54 Å². The number of nitrogens with zero attached hydrogens (tertiary/aromatic N) is 2. The van der Waals surface area contributed by atoms with Gasteiger partial charge in [0.25, 0.3) is 5.91 Å². The van der Waals surface area contributed by atoms with E-state index in [1.807, 2.05) is 6.07 Å². The number of nitrogens with two attached hydrogens (primary N) is 1. The lowest BCUT2D eigenvalue weighted by Crippen LogP contribution is -2.26. The first-order valence-corrected chi connectivity index (χ1v) is 6.67. The lowest BCUT2D eigenvalue weighted by Gasteiger charge is -2.18. The summed E-state index contributed by atoms with van der Waals surface area (Å²) in [4.78, 5) is 17.8. The van der Waals surface area contributed by atoms with Gasteiger partial charge in [-0.1, -0.05) is 6.07 Å². The molecule has 1 aromatic heterocycles. The highest BCUT2D eigenvalue weighted by atomic mass is 79.9. The van der Waals surface area contributed by atoms with Crippen LogP contribution in [0.5, 0.6) is 0 Å². The number of anilines is 1. The number of rotatable bonds is 3. The Balaban J connectivity index is 2.21. The lowest BCUT2D eigenvalue weighted by atomic mass is 10.1. The number of hydrogen-bond donors (Lipinski definition) is 1. The number of aromatic nitrogens is 1. The largest absolute Gasteiger partial charge is 0.396 e. The topological polar surface area (TPSA) is 59.2 Å². The zero-order valence-corrected chi connectivity index (χ0v) is 12.4. The van der Waals surface area contributed by atoms with Gasteiger partial charge in [-0.2, -0.15) is 0 Å². The number of carbonyl (C=O) groups excluding carboxylic acids is 1. The summed E-state index contributed by atoms with van der Waals surface area (Å²) in [6.07, 6.45) is 3.36. The molecule has 0 fully saturated rings. The molecule has 0 bridgehead atoms. The highest BCUT2D eigenvalue weighted by molar-refractivity contribution is 9.10. The van der Waals surface area contributed by atoms with Crippen molar-refractivity contribution in [2.24, 2.45) is 0 Å². The Morgan fingerprint density at radius 3 is 2.90 bits per heavy atom. The van der Waals surface area contributed by atoms with Crippen molar-refractivity contribution in [3.63, 3.8) is 0 Å². The van der Waals surface area contributed by atoms with Crippen molar-refractivity contribution in [3.8, 4) is 0 Å². The van der Waals surface area contributed by atoms with Gasteiger partial charge in [0, 0.05) is 30.5 Å². The van der Waals surface area contributed by atoms with E-state index in [0.29, 0.717) is 16.6 Å². The van der Waals surface area contributed by atoms with Gasteiger partial charge >= 0.3 is 0 Å². The summed E-state index contributed by atoms with van der Waals surface area (Å²) < 4.78 is 13.7. The maximum absolute atomic E-state index is 13.3. The van der Waals surface area contributed by atoms with Crippen LogP contribution < -0.4 is 5.73 Å². The zero-order valence-electron chi connectivity index (χ0n) is 10.8. The molecule has 1 aromatic carbocycles. The van der Waals surface area contributed by atoms with E-state index in [1.165, 1.54) is 17.0 Å². The first kappa shape index (κ1) is 14.5. The smallest absolute Gasteiger partial charge is 0.255 e. The zero-order chi connectivity index (χ0) is 14.7. The summed E-state index contributed by atoms with van der Waals surface area (Å²) in [6.45, 7) is 0.413. The van der Waals surface area contributed by atoms with E-state index < -0.39 is 5.82 Å². The molecule has 2 N–H and O–H groups in total. The lowest BCUT2D eigenvalue weighted by molar-refractivity contribution is 0.0784. The van der Waals surface area contributed by atoms with Crippen molar-refractivity contribution in [2.75, 3.05) is 12.8 Å². The number of benzene rings is 1. The average Bonchev–Trinajstić information content (AvgIpc) is 2.43. The van der Waals surface area contributed by atoms with Crippen molar-refractivity contribution in [1.82, 2.24) is 9.88 Å². The fourth-order valence-electron chi connectivity index (χ4n) is 1.77. The number of halogens is 2. The quantitative estimate of drug-likeness (QED) is 0.876. The molecule has 1 amide bonds. The molecule has 1 heterocycles. The van der Waals surface area contributed by atoms with E-state index in [-0.39, 0.29) is 11.6 Å². The third kappa shape index (κ3) is 3.14. The van der Waals surface area contributed by atoms with Crippen LogP contribution in [0.2, 0.25) is 0 Å². The van der Waals surface area contributed by atoms with Gasteiger partial charge in [0.15, 0.2) is 0 Å². The number of pyridine rings is 1. The third-order valence-corrected chi connectivity index (χ3v) is 3.46. The highest BCUT2D eigenvalue weighted by Gasteiger charge is 2.17. The number of nitrogen functional groups attached to an aromatic ring is 1. The van der Waals surface area contributed by atoms with Crippen molar-refractivity contribution < 1.29 is 9.18 Å². The van der Waals surface area contributed by atoms with E-state index in [9.17, 15) is 9.18 Å². The molecule has 4 nitrogen and oxygen atoms in total. The Hall–Kier alpha value is -1.95. The van der Waals surface area contributed by atoms with Crippen LogP contribution in [0.3, 0.4) is 0 Å². The van der Waals surface area contributed by atoms with E-state index >= 15 is 0 Å². The Morgan fingerprint density at radius 1 is 1.50 bits per heavy atom. The van der Waals surface area contributed by atoms with Gasteiger partial charge in [0.2, 0.25) is 0 Å². The monoisotopic (exact) mass is 337 g/mol. The summed E-state index contributed by atoms with van der Waals surface area (Å²) in [7, 11) is 1.67. The maximum Gasteiger partial charge on any atom is 0.255 e. The minimum absolute atomic E-state index is 0.0497. The average molecular weight is 338 g/mol. The number of hydrogen-bond acceptors (Lipinski definition) is 3. The van der Waals surface area contributed by atoms with Gasteiger partial charge in [0.1, 0.15) is 5.82 Å². The van der Waals surface area contributed by atoms with Crippen LogP contribution >= 0.6 is 15.9 Å². The van der Waals surface area contributed by atoms with Crippen molar-refractivity contribution >= 4 is 27.5 Å². The van der Waals surface area contributed by atoms with Crippen LogP contribution in [-0.2, 0) is 6.54 Å². The van der Waals surface area contributed by atoms with Gasteiger partial charge < -0.3 is 10.6 Å². The molecule has 0 saturated heterocycles. The summed E-state index contributed by atoms with van der Waals surface area (Å²) >= 11 is 3.18. The second-order valence-electron chi connectivity index (χ2n) is 4.38. The van der Waals surface area contributed by atoms with Gasteiger partial charge in [-0.25, -0.2) is 4.39 Å². The molecule has 2 rings (SSSR count). The van der Waals surface area contributed by atoms with Crippen LogP contribution in [0.4, 0.5) is 10.1 Å². The molecule has 6 heteroatoms. The fourth-order valence-corrected chi connectivity index (χ4v) is 2.26. The van der Waals surface area contributed by atoms with Gasteiger partial charge in [-0.05, 0) is 39.7 Å². The SMILES string of the molecule is CN(Cc1cccnc1)C(=O)c1cc(N)c(F)cc1Br. The first-order valence-electron chi connectivity index (χ1n) is 5.88. The summed E-state index contributed by atoms with van der Waals surface area (Å²) in [5.74, 6) is -0.796. The Bertz CT molecular complexity index is 634. The van der Waals surface area contributed by atoms with E-state index in [0.717, 1.165) is 5.56 Å². The van der Waals surface area contributed by atoms with Gasteiger partial charge in [0.05, 0.1) is 11.3 Å². The second-order valence-corrected chi connectivity index (χ2v) is 5.23. The summed E-state index contributed by atoms with van der Waals surface area (Å²) in [5, 5.41) is 0. The Labute approximate surface area is 124 Å². The fraction of sp³-hybridized carbons (Fsp3) is 0.143. The van der Waals surface area contributed by atoms with Crippen LogP contribution in [-0.4, -0.2) is 22.8 Å². The molecule has 0 aliphatic rings. The molecule has 0 atom stereocenters. The van der Waals surface area contributed by atoms with E-state index in [1.54, 1.807) is 25.5 Å². The van der Waals surface area contributed by atoms with Gasteiger partial charge in [-0.3, -0.25) is 9.78 Å². The summed E-state index contributed by atoms with van der Waals surface area (Å²) in [6, 6.07) is 6.21. The minimum atomic E-state index is -0.552. The molecule has 0 saturated carbocycles. The molecule has 0 radical (unpaired) electrons. The maximum atomic E-state index is 13.3. The molecule has 104 valence electrons.